The number of hydrogen-bond donors (Lipinski definition) is 0. The fraction of sp³-hybridized carbons (Fsp3) is 0.154. The summed E-state index contributed by atoms with van der Waals surface area (Å²) in [4.78, 5) is 11.2. The highest BCUT2D eigenvalue weighted by Crippen LogP contribution is 2.26. The Hall–Kier alpha value is -1.61. The molecular weight excluding hydrogens is 220 g/mol. The van der Waals surface area contributed by atoms with Gasteiger partial charge in [0.15, 0.2) is 6.29 Å². The minimum atomic E-state index is 0.682. The topological polar surface area (TPSA) is 26.3 Å². The fourth-order valence-electron chi connectivity index (χ4n) is 1.41. The van der Waals surface area contributed by atoms with Crippen molar-refractivity contribution in [2.24, 2.45) is 0 Å². The molecule has 0 saturated carbocycles. The zero-order chi connectivity index (χ0) is 11.4. The summed E-state index contributed by atoms with van der Waals surface area (Å²) >= 11 is 1.39. The van der Waals surface area contributed by atoms with Crippen LogP contribution < -0.4 is 4.74 Å². The van der Waals surface area contributed by atoms with E-state index in [2.05, 4.69) is 13.0 Å². The molecule has 0 N–H and O–H groups in total. The molecule has 0 aliphatic heterocycles. The minimum absolute atomic E-state index is 0.682. The second kappa shape index (κ2) is 4.94. The average Bonchev–Trinajstić information content (AvgIpc) is 2.77. The monoisotopic (exact) mass is 232 g/mol. The number of thiophene rings is 1. The second-order valence-corrected chi connectivity index (χ2v) is 4.35. The first-order valence-electron chi connectivity index (χ1n) is 5.12. The maximum absolute atomic E-state index is 10.5. The van der Waals surface area contributed by atoms with Crippen LogP contribution in [0.5, 0.6) is 11.5 Å². The lowest BCUT2D eigenvalue weighted by Gasteiger charge is -2.04. The van der Waals surface area contributed by atoms with Crippen molar-refractivity contribution in [3.8, 4) is 11.5 Å². The predicted molar refractivity (Wildman–Crippen MR) is 65.6 cm³/mol. The molecule has 0 radical (unpaired) electrons. The third kappa shape index (κ3) is 2.49. The van der Waals surface area contributed by atoms with Gasteiger partial charge in [-0.15, -0.1) is 11.3 Å². The van der Waals surface area contributed by atoms with E-state index in [-0.39, 0.29) is 0 Å². The van der Waals surface area contributed by atoms with Crippen LogP contribution in [0.2, 0.25) is 0 Å². The molecule has 0 spiro atoms. The number of benzene rings is 1. The van der Waals surface area contributed by atoms with E-state index in [4.69, 9.17) is 4.74 Å². The largest absolute Gasteiger partial charge is 0.456 e. The predicted octanol–water partition coefficient (Wildman–Crippen LogP) is 3.92. The number of ether oxygens (including phenoxy) is 1. The first-order chi connectivity index (χ1) is 7.81. The van der Waals surface area contributed by atoms with Crippen molar-refractivity contribution in [1.29, 1.82) is 0 Å². The normalized spacial score (nSPS) is 10.1. The zero-order valence-electron chi connectivity index (χ0n) is 8.97. The Morgan fingerprint density at radius 3 is 2.88 bits per heavy atom. The quantitative estimate of drug-likeness (QED) is 0.747. The molecule has 2 aromatic rings. The summed E-state index contributed by atoms with van der Waals surface area (Å²) in [6.45, 7) is 2.11. The molecule has 0 amide bonds. The standard InChI is InChI=1S/C13H12O2S/c1-2-10-4-3-5-11(6-10)15-12-7-13(8-14)16-9-12/h3-9H,2H2,1H3. The van der Waals surface area contributed by atoms with Gasteiger partial charge in [-0.2, -0.15) is 0 Å². The molecule has 0 aliphatic rings. The third-order valence-electron chi connectivity index (χ3n) is 2.25. The van der Waals surface area contributed by atoms with Crippen LogP contribution in [-0.4, -0.2) is 6.29 Å². The van der Waals surface area contributed by atoms with Crippen molar-refractivity contribution < 1.29 is 9.53 Å². The molecule has 1 heterocycles. The van der Waals surface area contributed by atoms with E-state index in [1.54, 1.807) is 6.07 Å². The van der Waals surface area contributed by atoms with Crippen LogP contribution in [0.25, 0.3) is 0 Å². The van der Waals surface area contributed by atoms with Crippen LogP contribution in [0.4, 0.5) is 0 Å². The van der Waals surface area contributed by atoms with Crippen molar-refractivity contribution in [1.82, 2.24) is 0 Å². The molecule has 0 atom stereocenters. The SMILES string of the molecule is CCc1cccc(Oc2csc(C=O)c2)c1. The lowest BCUT2D eigenvalue weighted by atomic mass is 10.2. The molecule has 1 aromatic carbocycles. The molecule has 1 aromatic heterocycles. The second-order valence-electron chi connectivity index (χ2n) is 3.41. The molecule has 0 fully saturated rings. The van der Waals surface area contributed by atoms with Crippen LogP contribution in [0, 0.1) is 0 Å². The maximum Gasteiger partial charge on any atom is 0.160 e. The molecule has 3 heteroatoms. The van der Waals surface area contributed by atoms with Crippen molar-refractivity contribution >= 4 is 17.6 Å². The van der Waals surface area contributed by atoms with Gasteiger partial charge in [0.05, 0.1) is 4.88 Å². The van der Waals surface area contributed by atoms with E-state index in [1.165, 1.54) is 16.9 Å². The Bertz CT molecular complexity index is 488. The van der Waals surface area contributed by atoms with Gasteiger partial charge in [0.2, 0.25) is 0 Å². The number of rotatable bonds is 4. The van der Waals surface area contributed by atoms with Gasteiger partial charge >= 0.3 is 0 Å². The lowest BCUT2D eigenvalue weighted by Crippen LogP contribution is -1.84. The number of aldehydes is 1. The summed E-state index contributed by atoms with van der Waals surface area (Å²) in [5.41, 5.74) is 1.24. The van der Waals surface area contributed by atoms with Crippen molar-refractivity contribution in [3.05, 3.63) is 46.2 Å². The molecule has 0 saturated heterocycles. The summed E-state index contributed by atoms with van der Waals surface area (Å²) in [7, 11) is 0. The molecular formula is C13H12O2S. The van der Waals surface area contributed by atoms with Crippen molar-refractivity contribution in [3.63, 3.8) is 0 Å². The molecule has 2 nitrogen and oxygen atoms in total. The summed E-state index contributed by atoms with van der Waals surface area (Å²) < 4.78 is 5.65. The Kier molecular flexibility index (Phi) is 3.37. The van der Waals surface area contributed by atoms with Crippen LogP contribution >= 0.6 is 11.3 Å². The summed E-state index contributed by atoms with van der Waals surface area (Å²) in [6.07, 6.45) is 1.82. The fourth-order valence-corrected chi connectivity index (χ4v) is 2.02. The Morgan fingerprint density at radius 2 is 2.19 bits per heavy atom. The molecule has 0 bridgehead atoms. The average molecular weight is 232 g/mol. The number of carbonyl (C=O) groups is 1. The molecule has 2 rings (SSSR count). The summed E-state index contributed by atoms with van der Waals surface area (Å²) in [5, 5.41) is 1.84. The molecule has 16 heavy (non-hydrogen) atoms. The number of aryl methyl sites for hydroxylation is 1. The lowest BCUT2D eigenvalue weighted by molar-refractivity contribution is 0.112. The number of hydrogen-bond acceptors (Lipinski definition) is 3. The van der Waals surface area contributed by atoms with Gasteiger partial charge in [-0.25, -0.2) is 0 Å². The summed E-state index contributed by atoms with van der Waals surface area (Å²) in [6, 6.07) is 9.71. The van der Waals surface area contributed by atoms with E-state index in [1.807, 2.05) is 23.6 Å². The summed E-state index contributed by atoms with van der Waals surface area (Å²) in [5.74, 6) is 1.54. The van der Waals surface area contributed by atoms with Gasteiger partial charge in [-0.05, 0) is 24.1 Å². The Morgan fingerprint density at radius 1 is 1.31 bits per heavy atom. The smallest absolute Gasteiger partial charge is 0.160 e. The van der Waals surface area contributed by atoms with E-state index in [0.717, 1.165) is 24.2 Å². The van der Waals surface area contributed by atoms with Gasteiger partial charge < -0.3 is 4.74 Å². The van der Waals surface area contributed by atoms with E-state index in [0.29, 0.717) is 4.88 Å². The highest BCUT2D eigenvalue weighted by atomic mass is 32.1. The van der Waals surface area contributed by atoms with Crippen LogP contribution in [-0.2, 0) is 6.42 Å². The van der Waals surface area contributed by atoms with Crippen LogP contribution in [0.15, 0.2) is 35.7 Å². The first-order valence-corrected chi connectivity index (χ1v) is 6.00. The zero-order valence-corrected chi connectivity index (χ0v) is 9.79. The Labute approximate surface area is 98.5 Å². The van der Waals surface area contributed by atoms with Gasteiger partial charge in [0.25, 0.3) is 0 Å². The molecule has 0 aliphatic carbocycles. The van der Waals surface area contributed by atoms with Gasteiger partial charge in [-0.3, -0.25) is 4.79 Å². The maximum atomic E-state index is 10.5. The highest BCUT2D eigenvalue weighted by Gasteiger charge is 2.01. The van der Waals surface area contributed by atoms with Gasteiger partial charge in [0.1, 0.15) is 11.5 Å². The van der Waals surface area contributed by atoms with Crippen molar-refractivity contribution in [2.45, 2.75) is 13.3 Å². The molecule has 0 unspecified atom stereocenters. The minimum Gasteiger partial charge on any atom is -0.456 e. The third-order valence-corrected chi connectivity index (χ3v) is 3.09. The van der Waals surface area contributed by atoms with E-state index in [9.17, 15) is 4.79 Å². The van der Waals surface area contributed by atoms with E-state index < -0.39 is 0 Å². The van der Waals surface area contributed by atoms with Crippen molar-refractivity contribution in [2.75, 3.05) is 0 Å². The highest BCUT2D eigenvalue weighted by molar-refractivity contribution is 7.11. The van der Waals surface area contributed by atoms with Crippen LogP contribution in [0.1, 0.15) is 22.2 Å². The van der Waals surface area contributed by atoms with Gasteiger partial charge in [0, 0.05) is 11.4 Å². The van der Waals surface area contributed by atoms with Gasteiger partial charge in [-0.1, -0.05) is 19.1 Å². The Balaban J connectivity index is 2.16. The number of carbonyl (C=O) groups excluding carboxylic acids is 1. The van der Waals surface area contributed by atoms with Crippen LogP contribution in [0.3, 0.4) is 0 Å². The first kappa shape index (κ1) is 10.9. The van der Waals surface area contributed by atoms with E-state index >= 15 is 0 Å². The molecule has 82 valence electrons.